The van der Waals surface area contributed by atoms with Gasteiger partial charge in [-0.3, -0.25) is 4.79 Å². The molecule has 1 atom stereocenters. The monoisotopic (exact) mass is 264 g/mol. The average Bonchev–Trinajstić information content (AvgIpc) is 2.44. The summed E-state index contributed by atoms with van der Waals surface area (Å²) in [5.74, 6) is -0.379. The zero-order valence-electron chi connectivity index (χ0n) is 12.0. The molecule has 1 unspecified atom stereocenters. The first-order chi connectivity index (χ1) is 9.29. The zero-order valence-corrected chi connectivity index (χ0v) is 12.0. The Morgan fingerprint density at radius 1 is 1.16 bits per heavy atom. The molecule has 0 aliphatic heterocycles. The van der Waals surface area contributed by atoms with Crippen molar-refractivity contribution in [1.29, 1.82) is 0 Å². The van der Waals surface area contributed by atoms with E-state index in [9.17, 15) is 4.79 Å². The van der Waals surface area contributed by atoms with E-state index in [0.717, 1.165) is 24.8 Å². The molecule has 0 saturated carbocycles. The van der Waals surface area contributed by atoms with Crippen LogP contribution in [0.5, 0.6) is 0 Å². The van der Waals surface area contributed by atoms with E-state index >= 15 is 0 Å². The van der Waals surface area contributed by atoms with E-state index in [4.69, 9.17) is 4.74 Å². The number of carbonyl (C=O) groups excluding carboxylic acids is 1. The second kappa shape index (κ2) is 9.48. The summed E-state index contributed by atoms with van der Waals surface area (Å²) in [6.45, 7) is 4.44. The normalized spacial score (nSPS) is 12.1. The van der Waals surface area contributed by atoms with Gasteiger partial charge < -0.3 is 4.74 Å². The maximum Gasteiger partial charge on any atom is 0.313 e. The first-order valence-corrected chi connectivity index (χ1v) is 7.21. The number of aromatic nitrogens is 2. The van der Waals surface area contributed by atoms with Crippen molar-refractivity contribution in [3.63, 3.8) is 0 Å². The molecular formula is C15H24N2O2. The van der Waals surface area contributed by atoms with E-state index in [2.05, 4.69) is 16.9 Å². The maximum absolute atomic E-state index is 12.0. The SMILES string of the molecule is CCCCCCCC(C(=O)OCC)c1cncnc1. The molecule has 1 aromatic heterocycles. The topological polar surface area (TPSA) is 52.1 Å². The number of unbranched alkanes of at least 4 members (excludes halogenated alkanes) is 4. The van der Waals surface area contributed by atoms with Gasteiger partial charge in [0, 0.05) is 18.0 Å². The van der Waals surface area contributed by atoms with Crippen molar-refractivity contribution in [2.45, 2.75) is 58.3 Å². The third-order valence-electron chi connectivity index (χ3n) is 3.15. The number of ether oxygens (including phenoxy) is 1. The summed E-state index contributed by atoms with van der Waals surface area (Å²) in [6.07, 6.45) is 11.6. The van der Waals surface area contributed by atoms with Gasteiger partial charge in [0.1, 0.15) is 6.33 Å². The summed E-state index contributed by atoms with van der Waals surface area (Å²) in [5, 5.41) is 0. The van der Waals surface area contributed by atoms with Crippen molar-refractivity contribution < 1.29 is 9.53 Å². The molecule has 0 aliphatic rings. The van der Waals surface area contributed by atoms with Crippen molar-refractivity contribution in [3.8, 4) is 0 Å². The summed E-state index contributed by atoms with van der Waals surface area (Å²) in [4.78, 5) is 20.0. The van der Waals surface area contributed by atoms with Crippen LogP contribution in [0.3, 0.4) is 0 Å². The van der Waals surface area contributed by atoms with Crippen LogP contribution in [-0.4, -0.2) is 22.5 Å². The first-order valence-electron chi connectivity index (χ1n) is 7.21. The Hall–Kier alpha value is -1.45. The molecular weight excluding hydrogens is 240 g/mol. The average molecular weight is 264 g/mol. The minimum Gasteiger partial charge on any atom is -0.466 e. The fourth-order valence-electron chi connectivity index (χ4n) is 2.11. The van der Waals surface area contributed by atoms with E-state index in [1.165, 1.54) is 25.6 Å². The highest BCUT2D eigenvalue weighted by molar-refractivity contribution is 5.77. The predicted octanol–water partition coefficient (Wildman–Crippen LogP) is 3.48. The molecule has 0 spiro atoms. The van der Waals surface area contributed by atoms with Crippen LogP contribution < -0.4 is 0 Å². The quantitative estimate of drug-likeness (QED) is 0.506. The van der Waals surface area contributed by atoms with Gasteiger partial charge in [0.25, 0.3) is 0 Å². The van der Waals surface area contributed by atoms with Crippen LogP contribution >= 0.6 is 0 Å². The predicted molar refractivity (Wildman–Crippen MR) is 74.8 cm³/mol. The highest BCUT2D eigenvalue weighted by Crippen LogP contribution is 2.23. The molecule has 0 radical (unpaired) electrons. The highest BCUT2D eigenvalue weighted by atomic mass is 16.5. The van der Waals surface area contributed by atoms with Gasteiger partial charge in [-0.25, -0.2) is 9.97 Å². The Balaban J connectivity index is 2.53. The molecule has 0 aliphatic carbocycles. The van der Waals surface area contributed by atoms with Gasteiger partial charge in [-0.15, -0.1) is 0 Å². The number of carbonyl (C=O) groups is 1. The Morgan fingerprint density at radius 3 is 2.47 bits per heavy atom. The van der Waals surface area contributed by atoms with Gasteiger partial charge in [0.05, 0.1) is 12.5 Å². The van der Waals surface area contributed by atoms with Crippen LogP contribution in [0.2, 0.25) is 0 Å². The van der Waals surface area contributed by atoms with Crippen molar-refractivity contribution >= 4 is 5.97 Å². The second-order valence-electron chi connectivity index (χ2n) is 4.68. The minimum atomic E-state index is -0.220. The van der Waals surface area contributed by atoms with Gasteiger partial charge >= 0.3 is 5.97 Å². The van der Waals surface area contributed by atoms with Crippen LogP contribution in [0.4, 0.5) is 0 Å². The van der Waals surface area contributed by atoms with Crippen molar-refractivity contribution in [2.24, 2.45) is 0 Å². The summed E-state index contributed by atoms with van der Waals surface area (Å²) in [7, 11) is 0. The molecule has 0 amide bonds. The summed E-state index contributed by atoms with van der Waals surface area (Å²) >= 11 is 0. The third kappa shape index (κ3) is 5.81. The molecule has 4 nitrogen and oxygen atoms in total. The molecule has 106 valence electrons. The molecule has 1 aromatic rings. The van der Waals surface area contributed by atoms with E-state index in [0.29, 0.717) is 6.61 Å². The zero-order chi connectivity index (χ0) is 13.9. The molecule has 4 heteroatoms. The Labute approximate surface area is 115 Å². The van der Waals surface area contributed by atoms with Crippen LogP contribution in [0, 0.1) is 0 Å². The largest absolute Gasteiger partial charge is 0.466 e. The summed E-state index contributed by atoms with van der Waals surface area (Å²) < 4.78 is 5.14. The molecule has 19 heavy (non-hydrogen) atoms. The Bertz CT molecular complexity index is 354. The molecule has 0 saturated heterocycles. The van der Waals surface area contributed by atoms with Crippen molar-refractivity contribution in [2.75, 3.05) is 6.61 Å². The summed E-state index contributed by atoms with van der Waals surface area (Å²) in [6, 6.07) is 0. The second-order valence-corrected chi connectivity index (χ2v) is 4.68. The number of hydrogen-bond donors (Lipinski definition) is 0. The lowest BCUT2D eigenvalue weighted by atomic mass is 9.95. The first kappa shape index (κ1) is 15.6. The highest BCUT2D eigenvalue weighted by Gasteiger charge is 2.21. The minimum absolute atomic E-state index is 0.159. The van der Waals surface area contributed by atoms with Gasteiger partial charge in [-0.1, -0.05) is 39.0 Å². The molecule has 1 heterocycles. The smallest absolute Gasteiger partial charge is 0.313 e. The lowest BCUT2D eigenvalue weighted by molar-refractivity contribution is -0.145. The number of esters is 1. The van der Waals surface area contributed by atoms with Crippen LogP contribution in [-0.2, 0) is 9.53 Å². The van der Waals surface area contributed by atoms with Crippen molar-refractivity contribution in [3.05, 3.63) is 24.3 Å². The molecule has 0 aromatic carbocycles. The van der Waals surface area contributed by atoms with Crippen LogP contribution in [0.25, 0.3) is 0 Å². The van der Waals surface area contributed by atoms with Gasteiger partial charge in [0.2, 0.25) is 0 Å². The lowest BCUT2D eigenvalue weighted by Gasteiger charge is -2.15. The molecule has 0 N–H and O–H groups in total. The summed E-state index contributed by atoms with van der Waals surface area (Å²) in [5.41, 5.74) is 0.858. The number of rotatable bonds is 9. The van der Waals surface area contributed by atoms with Crippen LogP contribution in [0.1, 0.15) is 63.9 Å². The Kier molecular flexibility index (Phi) is 7.78. The third-order valence-corrected chi connectivity index (χ3v) is 3.15. The fraction of sp³-hybridized carbons (Fsp3) is 0.667. The van der Waals surface area contributed by atoms with E-state index in [1.54, 1.807) is 12.4 Å². The lowest BCUT2D eigenvalue weighted by Crippen LogP contribution is -2.16. The van der Waals surface area contributed by atoms with E-state index in [1.807, 2.05) is 6.92 Å². The molecule has 1 rings (SSSR count). The van der Waals surface area contributed by atoms with E-state index < -0.39 is 0 Å². The number of hydrogen-bond acceptors (Lipinski definition) is 4. The molecule has 0 bridgehead atoms. The van der Waals surface area contributed by atoms with Gasteiger partial charge in [0.15, 0.2) is 0 Å². The Morgan fingerprint density at radius 2 is 1.84 bits per heavy atom. The maximum atomic E-state index is 12.0. The van der Waals surface area contributed by atoms with Crippen LogP contribution in [0.15, 0.2) is 18.7 Å². The van der Waals surface area contributed by atoms with E-state index in [-0.39, 0.29) is 11.9 Å². The fourth-order valence-corrected chi connectivity index (χ4v) is 2.11. The number of nitrogens with zero attached hydrogens (tertiary/aromatic N) is 2. The standard InChI is InChI=1S/C15H24N2O2/c1-3-5-6-7-8-9-14(15(18)19-4-2)13-10-16-12-17-11-13/h10-12,14H,3-9H2,1-2H3. The van der Waals surface area contributed by atoms with Crippen molar-refractivity contribution in [1.82, 2.24) is 9.97 Å². The molecule has 0 fully saturated rings. The van der Waals surface area contributed by atoms with Gasteiger partial charge in [-0.2, -0.15) is 0 Å². The van der Waals surface area contributed by atoms with Gasteiger partial charge in [-0.05, 0) is 13.3 Å².